The highest BCUT2D eigenvalue weighted by atomic mass is 79.9. The number of rotatable bonds is 2. The van der Waals surface area contributed by atoms with E-state index in [4.69, 9.17) is 4.74 Å². The van der Waals surface area contributed by atoms with Crippen LogP contribution in [0.4, 0.5) is 0 Å². The lowest BCUT2D eigenvalue weighted by molar-refractivity contribution is 0.411. The molecule has 1 aromatic carbocycles. The summed E-state index contributed by atoms with van der Waals surface area (Å²) in [5.41, 5.74) is 2.43. The highest BCUT2D eigenvalue weighted by Gasteiger charge is 2.06. The van der Waals surface area contributed by atoms with Gasteiger partial charge in [-0.2, -0.15) is 0 Å². The summed E-state index contributed by atoms with van der Waals surface area (Å²) in [5.74, 6) is 0.938. The summed E-state index contributed by atoms with van der Waals surface area (Å²) in [6.07, 6.45) is 0. The van der Waals surface area contributed by atoms with Gasteiger partial charge in [0.15, 0.2) is 0 Å². The van der Waals surface area contributed by atoms with Crippen molar-refractivity contribution < 1.29 is 4.74 Å². The van der Waals surface area contributed by atoms with Crippen molar-refractivity contribution in [3.05, 3.63) is 27.7 Å². The summed E-state index contributed by atoms with van der Waals surface area (Å²) < 4.78 is 6.34. The van der Waals surface area contributed by atoms with E-state index in [-0.39, 0.29) is 0 Å². The number of hydrogen-bond acceptors (Lipinski definition) is 1. The van der Waals surface area contributed by atoms with E-state index < -0.39 is 0 Å². The largest absolute Gasteiger partial charge is 0.496 e. The third kappa shape index (κ3) is 1.83. The van der Waals surface area contributed by atoms with Crippen molar-refractivity contribution in [1.29, 1.82) is 0 Å². The van der Waals surface area contributed by atoms with E-state index in [1.54, 1.807) is 7.11 Å². The zero-order valence-electron chi connectivity index (χ0n) is 7.03. The minimum atomic E-state index is 0.821. The maximum Gasteiger partial charge on any atom is 0.123 e. The molecule has 0 aliphatic heterocycles. The van der Waals surface area contributed by atoms with Crippen LogP contribution >= 0.6 is 31.9 Å². The standard InChI is InChI=1S/C9H10Br2O/c1-6-7(5-10)9(12-2)4-3-8(6)11/h3-4H,5H2,1-2H3. The fourth-order valence-electron chi connectivity index (χ4n) is 1.06. The van der Waals surface area contributed by atoms with E-state index in [1.807, 2.05) is 12.1 Å². The molecule has 12 heavy (non-hydrogen) atoms. The summed E-state index contributed by atoms with van der Waals surface area (Å²) in [5, 5.41) is 0.821. The predicted octanol–water partition coefficient (Wildman–Crippen LogP) is 3.66. The average Bonchev–Trinajstić information content (AvgIpc) is 2.09. The molecule has 0 aliphatic rings. The first-order chi connectivity index (χ1) is 5.70. The lowest BCUT2D eigenvalue weighted by atomic mass is 10.1. The second-order valence-corrected chi connectivity index (χ2v) is 3.90. The van der Waals surface area contributed by atoms with Crippen LogP contribution in [0.2, 0.25) is 0 Å². The van der Waals surface area contributed by atoms with Crippen LogP contribution in [0.5, 0.6) is 5.75 Å². The first-order valence-corrected chi connectivity index (χ1v) is 5.50. The molecule has 0 atom stereocenters. The molecule has 0 amide bonds. The van der Waals surface area contributed by atoms with Crippen molar-refractivity contribution in [3.8, 4) is 5.75 Å². The van der Waals surface area contributed by atoms with Gasteiger partial charge in [-0.25, -0.2) is 0 Å². The van der Waals surface area contributed by atoms with Gasteiger partial charge in [-0.3, -0.25) is 0 Å². The molecule has 1 aromatic rings. The molecule has 0 unspecified atom stereocenters. The highest BCUT2D eigenvalue weighted by molar-refractivity contribution is 9.10. The molecule has 0 saturated carbocycles. The van der Waals surface area contributed by atoms with Gasteiger partial charge in [0.05, 0.1) is 7.11 Å². The number of benzene rings is 1. The lowest BCUT2D eigenvalue weighted by Crippen LogP contribution is -1.92. The Morgan fingerprint density at radius 3 is 2.58 bits per heavy atom. The zero-order chi connectivity index (χ0) is 9.14. The third-order valence-electron chi connectivity index (χ3n) is 1.84. The molecule has 0 bridgehead atoms. The molecule has 0 N–H and O–H groups in total. The molecule has 0 aromatic heterocycles. The van der Waals surface area contributed by atoms with Gasteiger partial charge in [-0.15, -0.1) is 0 Å². The summed E-state index contributed by atoms with van der Waals surface area (Å²) in [4.78, 5) is 0. The van der Waals surface area contributed by atoms with Gasteiger partial charge in [0.1, 0.15) is 5.75 Å². The number of halogens is 2. The van der Waals surface area contributed by atoms with Gasteiger partial charge in [-0.05, 0) is 24.6 Å². The summed E-state index contributed by atoms with van der Waals surface area (Å²) >= 11 is 6.91. The molecule has 0 heterocycles. The fourth-order valence-corrected chi connectivity index (χ4v) is 2.13. The molecule has 66 valence electrons. The van der Waals surface area contributed by atoms with E-state index in [0.29, 0.717) is 0 Å². The maximum atomic E-state index is 5.22. The molecule has 1 rings (SSSR count). The number of hydrogen-bond donors (Lipinski definition) is 0. The molecular weight excluding hydrogens is 284 g/mol. The minimum absolute atomic E-state index is 0.821. The van der Waals surface area contributed by atoms with Crippen molar-refractivity contribution in [3.63, 3.8) is 0 Å². The second kappa shape index (κ2) is 4.28. The minimum Gasteiger partial charge on any atom is -0.496 e. The van der Waals surface area contributed by atoms with Gasteiger partial charge < -0.3 is 4.74 Å². The average molecular weight is 294 g/mol. The quantitative estimate of drug-likeness (QED) is 0.756. The maximum absolute atomic E-state index is 5.22. The van der Waals surface area contributed by atoms with Gasteiger partial charge in [0.25, 0.3) is 0 Å². The number of alkyl halides is 1. The van der Waals surface area contributed by atoms with Crippen LogP contribution in [-0.4, -0.2) is 7.11 Å². The van der Waals surface area contributed by atoms with Crippen molar-refractivity contribution in [1.82, 2.24) is 0 Å². The van der Waals surface area contributed by atoms with Crippen LogP contribution in [0.25, 0.3) is 0 Å². The predicted molar refractivity (Wildman–Crippen MR) is 58.1 cm³/mol. The number of methoxy groups -OCH3 is 1. The van der Waals surface area contributed by atoms with Crippen LogP contribution in [0.15, 0.2) is 16.6 Å². The Hall–Kier alpha value is -0.0200. The molecule has 0 fully saturated rings. The summed E-state index contributed by atoms with van der Waals surface area (Å²) in [6, 6.07) is 3.97. The third-order valence-corrected chi connectivity index (χ3v) is 3.26. The van der Waals surface area contributed by atoms with Crippen LogP contribution in [-0.2, 0) is 5.33 Å². The molecule has 0 radical (unpaired) electrons. The molecule has 3 heteroatoms. The molecular formula is C9H10Br2O. The van der Waals surface area contributed by atoms with Crippen molar-refractivity contribution >= 4 is 31.9 Å². The van der Waals surface area contributed by atoms with E-state index >= 15 is 0 Å². The van der Waals surface area contributed by atoms with Crippen molar-refractivity contribution in [2.75, 3.05) is 7.11 Å². The molecule has 0 saturated heterocycles. The number of ether oxygens (including phenoxy) is 1. The Balaban J connectivity index is 3.25. The zero-order valence-corrected chi connectivity index (χ0v) is 10.2. The fraction of sp³-hybridized carbons (Fsp3) is 0.333. The topological polar surface area (TPSA) is 9.23 Å². The van der Waals surface area contributed by atoms with Crippen LogP contribution < -0.4 is 4.74 Å². The van der Waals surface area contributed by atoms with Crippen LogP contribution in [0, 0.1) is 6.92 Å². The van der Waals surface area contributed by atoms with E-state index in [1.165, 1.54) is 11.1 Å². The SMILES string of the molecule is COc1ccc(Br)c(C)c1CBr. The first-order valence-electron chi connectivity index (χ1n) is 3.58. The normalized spacial score (nSPS) is 10.0. The summed E-state index contributed by atoms with van der Waals surface area (Å²) in [7, 11) is 1.69. The lowest BCUT2D eigenvalue weighted by Gasteiger charge is -2.10. The van der Waals surface area contributed by atoms with Gasteiger partial charge in [0.2, 0.25) is 0 Å². The van der Waals surface area contributed by atoms with Crippen molar-refractivity contribution in [2.45, 2.75) is 12.3 Å². The van der Waals surface area contributed by atoms with E-state index in [0.717, 1.165) is 15.6 Å². The molecule has 1 nitrogen and oxygen atoms in total. The Kier molecular flexibility index (Phi) is 3.59. The second-order valence-electron chi connectivity index (χ2n) is 2.49. The molecule has 0 aliphatic carbocycles. The highest BCUT2D eigenvalue weighted by Crippen LogP contribution is 2.29. The van der Waals surface area contributed by atoms with E-state index in [9.17, 15) is 0 Å². The Morgan fingerprint density at radius 1 is 1.42 bits per heavy atom. The van der Waals surface area contributed by atoms with Crippen LogP contribution in [0.1, 0.15) is 11.1 Å². The monoisotopic (exact) mass is 292 g/mol. The van der Waals surface area contributed by atoms with Crippen molar-refractivity contribution in [2.24, 2.45) is 0 Å². The summed E-state index contributed by atoms with van der Waals surface area (Å²) in [6.45, 7) is 2.07. The van der Waals surface area contributed by atoms with Gasteiger partial charge >= 0.3 is 0 Å². The Morgan fingerprint density at radius 2 is 2.08 bits per heavy atom. The Bertz CT molecular complexity index is 284. The van der Waals surface area contributed by atoms with Crippen LogP contribution in [0.3, 0.4) is 0 Å². The smallest absolute Gasteiger partial charge is 0.123 e. The van der Waals surface area contributed by atoms with Gasteiger partial charge in [0, 0.05) is 15.4 Å². The Labute approximate surface area is 89.4 Å². The molecule has 0 spiro atoms. The first kappa shape index (κ1) is 10.1. The van der Waals surface area contributed by atoms with Gasteiger partial charge in [-0.1, -0.05) is 31.9 Å². The van der Waals surface area contributed by atoms with E-state index in [2.05, 4.69) is 38.8 Å².